The van der Waals surface area contributed by atoms with Crippen molar-refractivity contribution in [3.8, 4) is 5.75 Å². The molecule has 28 heavy (non-hydrogen) atoms. The summed E-state index contributed by atoms with van der Waals surface area (Å²) in [7, 11) is 0. The first kappa shape index (κ1) is 17.8. The zero-order valence-corrected chi connectivity index (χ0v) is 14.9. The molecule has 7 nitrogen and oxygen atoms in total. The standard InChI is InChI=1S/C19H14F2N4O3/c1-9-8-12(15-10(2)25-28-18(15)23-9)17(26)24-13-5-6-14(27-19(20)21)16-11(13)4-3-7-22-16/h3-8,19H,1-2H3,(H,24,26). The normalized spacial score (nSPS) is 11.3. The van der Waals surface area contributed by atoms with E-state index in [4.69, 9.17) is 4.52 Å². The number of hydrogen-bond donors (Lipinski definition) is 1. The smallest absolute Gasteiger partial charge is 0.387 e. The Morgan fingerprint density at radius 1 is 1.25 bits per heavy atom. The van der Waals surface area contributed by atoms with Crippen molar-refractivity contribution in [2.45, 2.75) is 20.5 Å². The number of hydrogen-bond acceptors (Lipinski definition) is 6. The van der Waals surface area contributed by atoms with E-state index in [1.807, 2.05) is 0 Å². The molecule has 1 aromatic carbocycles. The highest BCUT2D eigenvalue weighted by Gasteiger charge is 2.19. The lowest BCUT2D eigenvalue weighted by Crippen LogP contribution is -2.14. The van der Waals surface area contributed by atoms with Gasteiger partial charge in [0.15, 0.2) is 5.75 Å². The maximum Gasteiger partial charge on any atom is 0.387 e. The lowest BCUT2D eigenvalue weighted by Gasteiger charge is -2.12. The van der Waals surface area contributed by atoms with Gasteiger partial charge in [-0.15, -0.1) is 0 Å². The van der Waals surface area contributed by atoms with Gasteiger partial charge in [0.05, 0.1) is 22.3 Å². The average Bonchev–Trinajstić information content (AvgIpc) is 3.03. The quantitative estimate of drug-likeness (QED) is 0.566. The van der Waals surface area contributed by atoms with Gasteiger partial charge in [0.2, 0.25) is 0 Å². The number of halogens is 2. The highest BCUT2D eigenvalue weighted by molar-refractivity contribution is 6.15. The van der Waals surface area contributed by atoms with E-state index in [9.17, 15) is 13.6 Å². The van der Waals surface area contributed by atoms with Gasteiger partial charge in [-0.1, -0.05) is 5.16 Å². The third-order valence-electron chi connectivity index (χ3n) is 4.19. The molecule has 4 rings (SSSR count). The third kappa shape index (κ3) is 3.11. The summed E-state index contributed by atoms with van der Waals surface area (Å²) in [6.45, 7) is 0.481. The van der Waals surface area contributed by atoms with E-state index in [2.05, 4.69) is 25.2 Å². The average molecular weight is 384 g/mol. The van der Waals surface area contributed by atoms with Crippen LogP contribution in [0.4, 0.5) is 14.5 Å². The monoisotopic (exact) mass is 384 g/mol. The minimum absolute atomic E-state index is 0.0689. The number of aryl methyl sites for hydroxylation is 2. The molecule has 3 aromatic heterocycles. The summed E-state index contributed by atoms with van der Waals surface area (Å²) in [5, 5.41) is 7.65. The van der Waals surface area contributed by atoms with E-state index < -0.39 is 12.5 Å². The van der Waals surface area contributed by atoms with Crippen LogP contribution in [0, 0.1) is 13.8 Å². The fourth-order valence-electron chi connectivity index (χ4n) is 3.03. The van der Waals surface area contributed by atoms with Crippen LogP contribution in [0.25, 0.3) is 22.0 Å². The molecule has 0 unspecified atom stereocenters. The molecule has 142 valence electrons. The van der Waals surface area contributed by atoms with Crippen molar-refractivity contribution in [3.63, 3.8) is 0 Å². The van der Waals surface area contributed by atoms with Crippen molar-refractivity contribution in [2.75, 3.05) is 5.32 Å². The summed E-state index contributed by atoms with van der Waals surface area (Å²) in [6, 6.07) is 7.77. The first-order chi connectivity index (χ1) is 13.4. The molecule has 1 amide bonds. The highest BCUT2D eigenvalue weighted by Crippen LogP contribution is 2.32. The Morgan fingerprint density at radius 2 is 2.07 bits per heavy atom. The van der Waals surface area contributed by atoms with Crippen LogP contribution in [0.3, 0.4) is 0 Å². The fourth-order valence-corrected chi connectivity index (χ4v) is 3.03. The van der Waals surface area contributed by atoms with Crippen LogP contribution >= 0.6 is 0 Å². The largest absolute Gasteiger partial charge is 0.432 e. The topological polar surface area (TPSA) is 90.1 Å². The second-order valence-electron chi connectivity index (χ2n) is 6.10. The first-order valence-electron chi connectivity index (χ1n) is 8.31. The molecule has 0 aliphatic heterocycles. The number of anilines is 1. The molecule has 0 saturated carbocycles. The van der Waals surface area contributed by atoms with Gasteiger partial charge in [0.1, 0.15) is 5.52 Å². The molecule has 3 heterocycles. The van der Waals surface area contributed by atoms with Crippen LogP contribution < -0.4 is 10.1 Å². The second kappa shape index (κ2) is 6.84. The molecule has 4 aromatic rings. The number of amides is 1. The van der Waals surface area contributed by atoms with Gasteiger partial charge in [-0.05, 0) is 44.2 Å². The molecular weight excluding hydrogens is 370 g/mol. The Hall–Kier alpha value is -3.62. The van der Waals surface area contributed by atoms with E-state index >= 15 is 0 Å². The summed E-state index contributed by atoms with van der Waals surface area (Å²) in [6.07, 6.45) is 1.46. The Morgan fingerprint density at radius 3 is 2.86 bits per heavy atom. The number of carbonyl (C=O) groups excluding carboxylic acids is 1. The maximum atomic E-state index is 13.0. The number of rotatable bonds is 4. The van der Waals surface area contributed by atoms with Crippen molar-refractivity contribution in [3.05, 3.63) is 53.5 Å². The van der Waals surface area contributed by atoms with Crippen LogP contribution in [0.2, 0.25) is 0 Å². The van der Waals surface area contributed by atoms with Gasteiger partial charge in [-0.3, -0.25) is 9.78 Å². The van der Waals surface area contributed by atoms with E-state index in [1.54, 1.807) is 32.0 Å². The number of nitrogens with zero attached hydrogens (tertiary/aromatic N) is 3. The van der Waals surface area contributed by atoms with Gasteiger partial charge in [-0.2, -0.15) is 8.78 Å². The summed E-state index contributed by atoms with van der Waals surface area (Å²) in [5.41, 5.74) is 2.39. The number of fused-ring (bicyclic) bond motifs is 2. The molecule has 0 radical (unpaired) electrons. The molecular formula is C19H14F2N4O3. The molecule has 9 heteroatoms. The van der Waals surface area contributed by atoms with Crippen molar-refractivity contribution in [1.82, 2.24) is 15.1 Å². The predicted molar refractivity (Wildman–Crippen MR) is 97.6 cm³/mol. The van der Waals surface area contributed by atoms with E-state index in [0.717, 1.165) is 0 Å². The number of nitrogens with one attached hydrogen (secondary N) is 1. The number of benzene rings is 1. The van der Waals surface area contributed by atoms with Crippen LogP contribution in [0.15, 0.2) is 41.1 Å². The lowest BCUT2D eigenvalue weighted by molar-refractivity contribution is -0.0489. The molecule has 0 bridgehead atoms. The van der Waals surface area contributed by atoms with E-state index in [0.29, 0.717) is 33.4 Å². The Labute approximate surface area is 157 Å². The number of ether oxygens (including phenoxy) is 1. The number of alkyl halides is 2. The van der Waals surface area contributed by atoms with Crippen LogP contribution in [0.5, 0.6) is 5.75 Å². The maximum absolute atomic E-state index is 13.0. The Kier molecular flexibility index (Phi) is 4.34. The van der Waals surface area contributed by atoms with Crippen molar-refractivity contribution in [1.29, 1.82) is 0 Å². The van der Waals surface area contributed by atoms with Crippen molar-refractivity contribution in [2.24, 2.45) is 0 Å². The van der Waals surface area contributed by atoms with Gasteiger partial charge < -0.3 is 14.6 Å². The summed E-state index contributed by atoms with van der Waals surface area (Å²) in [5.74, 6) is -0.477. The third-order valence-corrected chi connectivity index (χ3v) is 4.19. The predicted octanol–water partition coefficient (Wildman–Crippen LogP) is 4.24. The molecule has 0 saturated heterocycles. The molecule has 0 spiro atoms. The Bertz CT molecular complexity index is 1210. The van der Waals surface area contributed by atoms with Gasteiger partial charge in [0.25, 0.3) is 11.6 Å². The Balaban J connectivity index is 1.77. The van der Waals surface area contributed by atoms with Gasteiger partial charge >= 0.3 is 6.61 Å². The molecule has 0 fully saturated rings. The number of carbonyl (C=O) groups is 1. The lowest BCUT2D eigenvalue weighted by atomic mass is 10.1. The molecule has 0 aliphatic carbocycles. The molecule has 0 atom stereocenters. The van der Waals surface area contributed by atoms with Gasteiger partial charge in [0, 0.05) is 17.3 Å². The second-order valence-corrected chi connectivity index (χ2v) is 6.10. The molecule has 0 aliphatic rings. The first-order valence-corrected chi connectivity index (χ1v) is 8.31. The highest BCUT2D eigenvalue weighted by atomic mass is 19.3. The van der Waals surface area contributed by atoms with Crippen molar-refractivity contribution < 1.29 is 22.8 Å². The number of pyridine rings is 2. The van der Waals surface area contributed by atoms with E-state index in [1.165, 1.54) is 18.3 Å². The minimum Gasteiger partial charge on any atom is -0.432 e. The van der Waals surface area contributed by atoms with Crippen LogP contribution in [-0.2, 0) is 0 Å². The zero-order valence-electron chi connectivity index (χ0n) is 14.9. The summed E-state index contributed by atoms with van der Waals surface area (Å²) < 4.78 is 34.9. The number of aromatic nitrogens is 3. The van der Waals surface area contributed by atoms with E-state index in [-0.39, 0.29) is 17.0 Å². The van der Waals surface area contributed by atoms with Gasteiger partial charge in [-0.25, -0.2) is 4.98 Å². The summed E-state index contributed by atoms with van der Waals surface area (Å²) in [4.78, 5) is 21.3. The zero-order chi connectivity index (χ0) is 19.8. The summed E-state index contributed by atoms with van der Waals surface area (Å²) >= 11 is 0. The van der Waals surface area contributed by atoms with Crippen LogP contribution in [-0.4, -0.2) is 27.6 Å². The van der Waals surface area contributed by atoms with Crippen molar-refractivity contribution >= 4 is 33.6 Å². The SMILES string of the molecule is Cc1cc(C(=O)Nc2ccc(OC(F)F)c3ncccc23)c2c(C)noc2n1. The minimum atomic E-state index is -2.98. The fraction of sp³-hybridized carbons (Fsp3) is 0.158. The molecule has 1 N–H and O–H groups in total. The van der Waals surface area contributed by atoms with Crippen LogP contribution in [0.1, 0.15) is 21.7 Å².